The molecule has 8 heteroatoms. The van der Waals surface area contributed by atoms with E-state index in [1.807, 2.05) is 30.3 Å². The lowest BCUT2D eigenvalue weighted by Crippen LogP contribution is -2.52. The summed E-state index contributed by atoms with van der Waals surface area (Å²) >= 11 is 5.77. The minimum absolute atomic E-state index is 0.0726. The fourth-order valence-electron chi connectivity index (χ4n) is 2.78. The molecule has 0 aromatic heterocycles. The van der Waals surface area contributed by atoms with E-state index in [0.717, 1.165) is 16.7 Å². The van der Waals surface area contributed by atoms with Crippen molar-refractivity contribution in [3.8, 4) is 0 Å². The van der Waals surface area contributed by atoms with Gasteiger partial charge in [-0.1, -0.05) is 41.9 Å². The van der Waals surface area contributed by atoms with Crippen LogP contribution in [0.25, 0.3) is 0 Å². The van der Waals surface area contributed by atoms with Gasteiger partial charge < -0.3 is 10.4 Å². The van der Waals surface area contributed by atoms with Crippen LogP contribution in [0.5, 0.6) is 0 Å². The van der Waals surface area contributed by atoms with E-state index in [-0.39, 0.29) is 31.1 Å². The van der Waals surface area contributed by atoms with Crippen molar-refractivity contribution < 1.29 is 23.9 Å². The predicted octanol–water partition coefficient (Wildman–Crippen LogP) is 2.19. The lowest BCUT2D eigenvalue weighted by molar-refractivity contribution is -0.191. The Morgan fingerprint density at radius 3 is 2.70 bits per heavy atom. The molecule has 0 unspecified atom stereocenters. The molecule has 1 atom stereocenters. The predicted molar refractivity (Wildman–Crippen MR) is 95.8 cm³/mol. The van der Waals surface area contributed by atoms with Crippen molar-refractivity contribution in [1.82, 2.24) is 10.4 Å². The normalized spacial score (nSPS) is 19.4. The molecule has 0 spiro atoms. The summed E-state index contributed by atoms with van der Waals surface area (Å²) < 4.78 is 13.3. The summed E-state index contributed by atoms with van der Waals surface area (Å²) in [4.78, 5) is 30.2. The van der Waals surface area contributed by atoms with Crippen LogP contribution in [-0.2, 0) is 27.6 Å². The van der Waals surface area contributed by atoms with Crippen LogP contribution in [0.3, 0.4) is 0 Å². The SMILES string of the molecule is O=C(NCc1cc(F)cc(Cl)c1)[C@]1(O)CCN(OCc2ccccc2)C1=O. The largest absolute Gasteiger partial charge is 0.372 e. The molecule has 1 fully saturated rings. The first-order valence-corrected chi connectivity index (χ1v) is 8.71. The van der Waals surface area contributed by atoms with Gasteiger partial charge in [-0.15, -0.1) is 0 Å². The van der Waals surface area contributed by atoms with Crippen molar-refractivity contribution in [2.75, 3.05) is 6.54 Å². The van der Waals surface area contributed by atoms with E-state index in [2.05, 4.69) is 5.32 Å². The number of aliphatic hydroxyl groups is 1. The molecular formula is C19H18ClFN2O4. The van der Waals surface area contributed by atoms with Gasteiger partial charge in [0, 0.05) is 18.0 Å². The maximum Gasteiger partial charge on any atom is 0.287 e. The molecule has 6 nitrogen and oxygen atoms in total. The molecule has 27 heavy (non-hydrogen) atoms. The molecule has 0 saturated carbocycles. The monoisotopic (exact) mass is 392 g/mol. The maximum atomic E-state index is 13.3. The van der Waals surface area contributed by atoms with Gasteiger partial charge in [-0.25, -0.2) is 9.45 Å². The van der Waals surface area contributed by atoms with Crippen molar-refractivity contribution in [3.05, 3.63) is 70.5 Å². The third kappa shape index (κ3) is 4.44. The highest BCUT2D eigenvalue weighted by molar-refractivity contribution is 6.30. The summed E-state index contributed by atoms with van der Waals surface area (Å²) in [5.41, 5.74) is -0.943. The average Bonchev–Trinajstić information content (AvgIpc) is 2.94. The minimum Gasteiger partial charge on any atom is -0.372 e. The van der Waals surface area contributed by atoms with Gasteiger partial charge >= 0.3 is 0 Å². The van der Waals surface area contributed by atoms with Crippen molar-refractivity contribution in [2.45, 2.75) is 25.2 Å². The van der Waals surface area contributed by atoms with E-state index in [1.54, 1.807) is 0 Å². The fraction of sp³-hybridized carbons (Fsp3) is 0.263. The van der Waals surface area contributed by atoms with Crippen LogP contribution in [0.15, 0.2) is 48.5 Å². The first-order valence-electron chi connectivity index (χ1n) is 8.33. The molecule has 1 saturated heterocycles. The van der Waals surface area contributed by atoms with Crippen molar-refractivity contribution in [1.29, 1.82) is 0 Å². The van der Waals surface area contributed by atoms with Crippen LogP contribution >= 0.6 is 11.6 Å². The molecular weight excluding hydrogens is 375 g/mol. The highest BCUT2D eigenvalue weighted by atomic mass is 35.5. The smallest absolute Gasteiger partial charge is 0.287 e. The summed E-state index contributed by atoms with van der Waals surface area (Å²) in [7, 11) is 0. The first kappa shape index (κ1) is 19.3. The third-order valence-corrected chi connectivity index (χ3v) is 4.46. The van der Waals surface area contributed by atoms with E-state index >= 15 is 0 Å². The Kier molecular flexibility index (Phi) is 5.74. The quantitative estimate of drug-likeness (QED) is 0.739. The Balaban J connectivity index is 1.58. The zero-order valence-electron chi connectivity index (χ0n) is 14.3. The summed E-state index contributed by atoms with van der Waals surface area (Å²) in [6.07, 6.45) is -0.101. The number of carbonyl (C=O) groups is 2. The van der Waals surface area contributed by atoms with Gasteiger partial charge in [0.1, 0.15) is 12.4 Å². The second kappa shape index (κ2) is 8.04. The van der Waals surface area contributed by atoms with Gasteiger partial charge in [0.2, 0.25) is 5.60 Å². The van der Waals surface area contributed by atoms with Gasteiger partial charge in [-0.05, 0) is 29.3 Å². The van der Waals surface area contributed by atoms with Crippen LogP contribution in [-0.4, -0.2) is 34.1 Å². The van der Waals surface area contributed by atoms with Crippen LogP contribution in [0.2, 0.25) is 5.02 Å². The maximum absolute atomic E-state index is 13.3. The van der Waals surface area contributed by atoms with Gasteiger partial charge in [0.15, 0.2) is 0 Å². The Hall–Kier alpha value is -2.48. The van der Waals surface area contributed by atoms with Crippen molar-refractivity contribution in [3.63, 3.8) is 0 Å². The topological polar surface area (TPSA) is 78.9 Å². The number of halogens is 2. The number of benzene rings is 2. The second-order valence-corrected chi connectivity index (χ2v) is 6.67. The van der Waals surface area contributed by atoms with E-state index in [0.29, 0.717) is 5.56 Å². The Bertz CT molecular complexity index is 829. The number of amides is 2. The van der Waals surface area contributed by atoms with Crippen LogP contribution in [0.1, 0.15) is 17.5 Å². The highest BCUT2D eigenvalue weighted by Gasteiger charge is 2.52. The molecule has 2 aromatic rings. The van der Waals surface area contributed by atoms with E-state index in [9.17, 15) is 19.1 Å². The van der Waals surface area contributed by atoms with E-state index in [4.69, 9.17) is 16.4 Å². The standard InChI is InChI=1S/C19H18ClFN2O4/c20-15-8-14(9-16(21)10-15)11-22-17(24)19(26)6-7-23(18(19)25)27-12-13-4-2-1-3-5-13/h1-5,8-10,26H,6-7,11-12H2,(H,22,24)/t19-/m1/s1. The number of rotatable bonds is 6. The lowest BCUT2D eigenvalue weighted by Gasteiger charge is -2.21. The number of hydrogen-bond donors (Lipinski definition) is 2. The van der Waals surface area contributed by atoms with Crippen LogP contribution < -0.4 is 5.32 Å². The van der Waals surface area contributed by atoms with Crippen LogP contribution in [0.4, 0.5) is 4.39 Å². The number of nitrogens with one attached hydrogen (secondary N) is 1. The minimum atomic E-state index is -2.21. The number of carbonyl (C=O) groups excluding carboxylic acids is 2. The van der Waals surface area contributed by atoms with Crippen LogP contribution in [0, 0.1) is 5.82 Å². The molecule has 3 rings (SSSR count). The zero-order chi connectivity index (χ0) is 19.4. The second-order valence-electron chi connectivity index (χ2n) is 6.24. The summed E-state index contributed by atoms with van der Waals surface area (Å²) in [5.74, 6) is -2.23. The summed E-state index contributed by atoms with van der Waals surface area (Å²) in [5, 5.41) is 14.1. The highest BCUT2D eigenvalue weighted by Crippen LogP contribution is 2.24. The average molecular weight is 393 g/mol. The zero-order valence-corrected chi connectivity index (χ0v) is 15.1. The fourth-order valence-corrected chi connectivity index (χ4v) is 3.02. The van der Waals surface area contributed by atoms with E-state index < -0.39 is 23.2 Å². The lowest BCUT2D eigenvalue weighted by atomic mass is 10.0. The molecule has 1 aliphatic heterocycles. The van der Waals surface area contributed by atoms with Gasteiger partial charge in [0.25, 0.3) is 11.8 Å². The Labute approximate surface area is 160 Å². The Morgan fingerprint density at radius 2 is 2.00 bits per heavy atom. The molecule has 1 heterocycles. The van der Waals surface area contributed by atoms with Gasteiger partial charge in [-0.3, -0.25) is 14.4 Å². The Morgan fingerprint density at radius 1 is 1.26 bits per heavy atom. The number of hydrogen-bond acceptors (Lipinski definition) is 4. The number of hydroxylamine groups is 2. The summed E-state index contributed by atoms with van der Waals surface area (Å²) in [6.45, 7) is 0.157. The molecule has 2 amide bonds. The first-order chi connectivity index (χ1) is 12.9. The molecule has 0 aliphatic carbocycles. The molecule has 0 bridgehead atoms. The molecule has 2 aromatic carbocycles. The molecule has 1 aliphatic rings. The summed E-state index contributed by atoms with van der Waals surface area (Å²) in [6, 6.07) is 13.1. The van der Waals surface area contributed by atoms with Gasteiger partial charge in [0.05, 0.1) is 6.54 Å². The third-order valence-electron chi connectivity index (χ3n) is 4.24. The molecule has 2 N–H and O–H groups in total. The van der Waals surface area contributed by atoms with E-state index in [1.165, 1.54) is 12.1 Å². The number of nitrogens with zero attached hydrogens (tertiary/aromatic N) is 1. The van der Waals surface area contributed by atoms with Crippen molar-refractivity contribution >= 4 is 23.4 Å². The van der Waals surface area contributed by atoms with Gasteiger partial charge in [-0.2, -0.15) is 0 Å². The molecule has 142 valence electrons. The van der Waals surface area contributed by atoms with Crippen molar-refractivity contribution in [2.24, 2.45) is 0 Å². The molecule has 0 radical (unpaired) electrons.